The van der Waals surface area contributed by atoms with Crippen molar-refractivity contribution < 1.29 is 0 Å². The molecule has 0 aliphatic heterocycles. The number of hydrogen-bond acceptors (Lipinski definition) is 0. The van der Waals surface area contributed by atoms with E-state index in [1.54, 1.807) is 0 Å². The van der Waals surface area contributed by atoms with E-state index >= 15 is 0 Å². The molecular weight excluding hydrogens is 387 g/mol. The van der Waals surface area contributed by atoms with Crippen LogP contribution < -0.4 is 0 Å². The summed E-state index contributed by atoms with van der Waals surface area (Å²) >= 11 is 6.15. The van der Waals surface area contributed by atoms with Crippen LogP contribution in [0.4, 0.5) is 0 Å². The van der Waals surface area contributed by atoms with E-state index in [1.165, 1.54) is 42.1 Å². The summed E-state index contributed by atoms with van der Waals surface area (Å²) < 4.78 is 2.08. The lowest BCUT2D eigenvalue weighted by Crippen LogP contribution is -2.20. The average molecular weight is 407 g/mol. The molecule has 0 spiro atoms. The third-order valence-corrected chi connectivity index (χ3v) is 6.44. The summed E-state index contributed by atoms with van der Waals surface area (Å²) in [6, 6.07) is 8.93. The maximum absolute atomic E-state index is 3.51. The molecular formula is C15H20BrI. The highest BCUT2D eigenvalue weighted by atomic mass is 127. The number of alkyl halides is 1. The van der Waals surface area contributed by atoms with Crippen LogP contribution in [0.25, 0.3) is 0 Å². The number of rotatable bonds is 3. The van der Waals surface area contributed by atoms with Gasteiger partial charge in [-0.2, -0.15) is 0 Å². The quantitative estimate of drug-likeness (QED) is 0.430. The average Bonchev–Trinajstić information content (AvgIpc) is 2.39. The molecule has 1 fully saturated rings. The fraction of sp³-hybridized carbons (Fsp3) is 0.600. The number of hydrogen-bond donors (Lipinski definition) is 0. The lowest BCUT2D eigenvalue weighted by Gasteiger charge is -2.31. The second kappa shape index (κ2) is 6.55. The lowest BCUT2D eigenvalue weighted by atomic mass is 9.77. The fourth-order valence-electron chi connectivity index (χ4n) is 2.88. The molecule has 17 heavy (non-hydrogen) atoms. The summed E-state index contributed by atoms with van der Waals surface area (Å²) in [4.78, 5) is 0. The third kappa shape index (κ3) is 3.69. The van der Waals surface area contributed by atoms with Crippen molar-refractivity contribution in [3.63, 3.8) is 0 Å². The van der Waals surface area contributed by atoms with E-state index in [0.29, 0.717) is 0 Å². The summed E-state index contributed by atoms with van der Waals surface area (Å²) in [6.45, 7) is 2.32. The molecule has 0 nitrogen and oxygen atoms in total. The minimum absolute atomic E-state index is 0.805. The van der Waals surface area contributed by atoms with Gasteiger partial charge in [-0.05, 0) is 61.6 Å². The first kappa shape index (κ1) is 13.9. The molecule has 2 rings (SSSR count). The van der Waals surface area contributed by atoms with E-state index in [-0.39, 0.29) is 0 Å². The van der Waals surface area contributed by atoms with Gasteiger partial charge >= 0.3 is 0 Å². The molecule has 0 saturated heterocycles. The Kier molecular flexibility index (Phi) is 5.34. The van der Waals surface area contributed by atoms with Crippen molar-refractivity contribution in [2.45, 2.75) is 48.9 Å². The molecule has 1 unspecified atom stereocenters. The molecule has 0 N–H and O–H groups in total. The Hall–Kier alpha value is 0.430. The Balaban J connectivity index is 1.93. The van der Waals surface area contributed by atoms with Gasteiger partial charge in [-0.15, -0.1) is 0 Å². The molecule has 1 aromatic carbocycles. The largest absolute Gasteiger partial charge is 0.0823 e. The zero-order valence-electron chi connectivity index (χ0n) is 10.3. The van der Waals surface area contributed by atoms with Gasteiger partial charge in [0.2, 0.25) is 0 Å². The monoisotopic (exact) mass is 406 g/mol. The Morgan fingerprint density at radius 1 is 1.18 bits per heavy atom. The van der Waals surface area contributed by atoms with E-state index in [1.807, 2.05) is 0 Å². The summed E-state index contributed by atoms with van der Waals surface area (Å²) in [5.74, 6) is 1.77. The van der Waals surface area contributed by atoms with Gasteiger partial charge < -0.3 is 0 Å². The Morgan fingerprint density at radius 3 is 2.29 bits per heavy atom. The molecule has 0 amide bonds. The van der Waals surface area contributed by atoms with Crippen LogP contribution in [0.3, 0.4) is 0 Å². The van der Waals surface area contributed by atoms with Gasteiger partial charge in [-0.25, -0.2) is 0 Å². The van der Waals surface area contributed by atoms with Crippen LogP contribution in [0.5, 0.6) is 0 Å². The third-order valence-electron chi connectivity index (χ3n) is 4.01. The molecule has 0 radical (unpaired) electrons. The van der Waals surface area contributed by atoms with Gasteiger partial charge in [0.15, 0.2) is 0 Å². The Morgan fingerprint density at radius 2 is 1.76 bits per heavy atom. The van der Waals surface area contributed by atoms with Crippen LogP contribution in [0.15, 0.2) is 28.7 Å². The first-order valence-electron chi connectivity index (χ1n) is 6.60. The van der Waals surface area contributed by atoms with Crippen LogP contribution in [0, 0.1) is 5.92 Å². The predicted octanol–water partition coefficient (Wildman–Crippen LogP) is 5.94. The zero-order chi connectivity index (χ0) is 12.3. The van der Waals surface area contributed by atoms with E-state index in [9.17, 15) is 0 Å². The van der Waals surface area contributed by atoms with Crippen molar-refractivity contribution in [1.29, 1.82) is 0 Å². The van der Waals surface area contributed by atoms with E-state index in [0.717, 1.165) is 15.8 Å². The zero-order valence-corrected chi connectivity index (χ0v) is 14.1. The van der Waals surface area contributed by atoms with Crippen LogP contribution >= 0.6 is 38.5 Å². The van der Waals surface area contributed by atoms with Crippen LogP contribution in [0.1, 0.15) is 50.5 Å². The van der Waals surface area contributed by atoms with Crippen molar-refractivity contribution >= 4 is 38.5 Å². The molecule has 0 bridgehead atoms. The lowest BCUT2D eigenvalue weighted by molar-refractivity contribution is 0.321. The summed E-state index contributed by atoms with van der Waals surface area (Å²) in [5, 5.41) is 0. The Labute approximate surface area is 127 Å². The minimum atomic E-state index is 0.805. The van der Waals surface area contributed by atoms with Crippen LogP contribution in [-0.4, -0.2) is 3.92 Å². The van der Waals surface area contributed by atoms with Gasteiger partial charge in [-0.1, -0.05) is 57.6 Å². The van der Waals surface area contributed by atoms with Crippen LogP contribution in [-0.2, 0) is 0 Å². The fourth-order valence-corrected chi connectivity index (χ4v) is 3.87. The van der Waals surface area contributed by atoms with Crippen molar-refractivity contribution in [1.82, 2.24) is 0 Å². The number of benzene rings is 1. The molecule has 0 heterocycles. The van der Waals surface area contributed by atoms with Gasteiger partial charge in [0.1, 0.15) is 0 Å². The second-order valence-electron chi connectivity index (χ2n) is 5.09. The van der Waals surface area contributed by atoms with Gasteiger partial charge in [-0.3, -0.25) is 0 Å². The molecule has 1 aliphatic carbocycles. The van der Waals surface area contributed by atoms with Crippen molar-refractivity contribution in [3.05, 3.63) is 34.3 Å². The van der Waals surface area contributed by atoms with E-state index in [2.05, 4.69) is 69.7 Å². The molecule has 1 atom stereocenters. The molecule has 2 heteroatoms. The van der Waals surface area contributed by atoms with E-state index in [4.69, 9.17) is 0 Å². The van der Waals surface area contributed by atoms with Crippen molar-refractivity contribution in [2.75, 3.05) is 0 Å². The second-order valence-corrected chi connectivity index (χ2v) is 7.60. The normalized spacial score (nSPS) is 26.8. The van der Waals surface area contributed by atoms with Crippen molar-refractivity contribution in [3.8, 4) is 0 Å². The van der Waals surface area contributed by atoms with Gasteiger partial charge in [0.05, 0.1) is 0 Å². The Bertz CT molecular complexity index is 338. The maximum atomic E-state index is 3.51. The highest BCUT2D eigenvalue weighted by Gasteiger charge is 2.25. The molecule has 1 saturated carbocycles. The first-order chi connectivity index (χ1) is 8.20. The van der Waals surface area contributed by atoms with Gasteiger partial charge in [0, 0.05) is 8.40 Å². The predicted molar refractivity (Wildman–Crippen MR) is 86.9 cm³/mol. The maximum Gasteiger partial charge on any atom is 0.0175 e. The highest BCUT2D eigenvalue weighted by Crippen LogP contribution is 2.39. The topological polar surface area (TPSA) is 0 Å². The summed E-state index contributed by atoms with van der Waals surface area (Å²) in [6.07, 6.45) is 6.93. The summed E-state index contributed by atoms with van der Waals surface area (Å²) in [5.41, 5.74) is 1.54. The van der Waals surface area contributed by atoms with Crippen molar-refractivity contribution in [2.24, 2.45) is 5.92 Å². The smallest absolute Gasteiger partial charge is 0.0175 e. The SMILES string of the molecule is CCC(I)C1CCC(c2ccc(Br)cc2)CC1. The highest BCUT2D eigenvalue weighted by molar-refractivity contribution is 14.1. The number of halogens is 2. The van der Waals surface area contributed by atoms with Crippen LogP contribution in [0.2, 0.25) is 0 Å². The van der Waals surface area contributed by atoms with Gasteiger partial charge in [0.25, 0.3) is 0 Å². The summed E-state index contributed by atoms with van der Waals surface area (Å²) in [7, 11) is 0. The molecule has 1 aromatic rings. The minimum Gasteiger partial charge on any atom is -0.0823 e. The standard InChI is InChI=1S/C15H20BrI/c1-2-15(17)13-5-3-11(4-6-13)12-7-9-14(16)10-8-12/h7-11,13,15H,2-6H2,1H3. The molecule has 0 aromatic heterocycles. The first-order valence-corrected chi connectivity index (χ1v) is 8.64. The van der Waals surface area contributed by atoms with E-state index < -0.39 is 0 Å². The molecule has 94 valence electrons. The molecule has 1 aliphatic rings.